The molecule has 0 atom stereocenters. The van der Waals surface area contributed by atoms with Crippen LogP contribution in [0.25, 0.3) is 20.8 Å². The first kappa shape index (κ1) is 22.0. The molecule has 1 N–H and O–H groups in total. The van der Waals surface area contributed by atoms with E-state index in [1.807, 2.05) is 31.2 Å². The van der Waals surface area contributed by atoms with Crippen molar-refractivity contribution in [1.82, 2.24) is 18.9 Å². The molecular formula is C23H21N5O2S3. The van der Waals surface area contributed by atoms with Gasteiger partial charge in [0.15, 0.2) is 5.16 Å². The summed E-state index contributed by atoms with van der Waals surface area (Å²) in [6.07, 6.45) is 4.70. The second-order valence-electron chi connectivity index (χ2n) is 7.76. The molecule has 1 aliphatic rings. The highest BCUT2D eigenvalue weighted by Crippen LogP contribution is 2.35. The normalized spacial score (nSPS) is 12.8. The molecule has 5 rings (SSSR count). The van der Waals surface area contributed by atoms with Gasteiger partial charge in [-0.25, -0.2) is 4.98 Å². The number of rotatable bonds is 7. The van der Waals surface area contributed by atoms with Crippen molar-refractivity contribution in [2.24, 2.45) is 0 Å². The number of anilines is 1. The fourth-order valence-electron chi connectivity index (χ4n) is 3.84. The molecule has 7 nitrogen and oxygen atoms in total. The molecular weight excluding hydrogens is 474 g/mol. The maximum Gasteiger partial charge on any atom is 0.263 e. The van der Waals surface area contributed by atoms with Gasteiger partial charge in [-0.05, 0) is 43.3 Å². The van der Waals surface area contributed by atoms with Gasteiger partial charge in [0.05, 0.1) is 11.1 Å². The lowest BCUT2D eigenvalue weighted by molar-refractivity contribution is -0.113. The lowest BCUT2D eigenvalue weighted by Gasteiger charge is -2.10. The minimum atomic E-state index is -0.249. The molecule has 1 aromatic carbocycles. The molecule has 1 aliphatic carbocycles. The molecule has 4 aromatic rings. The van der Waals surface area contributed by atoms with Crippen LogP contribution >= 0.6 is 34.6 Å². The van der Waals surface area contributed by atoms with Gasteiger partial charge in [0, 0.05) is 17.0 Å². The number of nitrogens with one attached hydrogen (secondary N) is 1. The molecule has 0 bridgehead atoms. The smallest absolute Gasteiger partial charge is 0.263 e. The highest BCUT2D eigenvalue weighted by Gasteiger charge is 2.23. The number of allylic oxidation sites excluding steroid dienone is 1. The molecule has 3 heterocycles. The van der Waals surface area contributed by atoms with E-state index in [1.165, 1.54) is 33.7 Å². The summed E-state index contributed by atoms with van der Waals surface area (Å²) in [6.45, 7) is 6.15. The van der Waals surface area contributed by atoms with E-state index in [0.717, 1.165) is 45.6 Å². The van der Waals surface area contributed by atoms with Crippen LogP contribution in [-0.4, -0.2) is 30.6 Å². The van der Waals surface area contributed by atoms with Gasteiger partial charge in [-0.1, -0.05) is 47.7 Å². The van der Waals surface area contributed by atoms with E-state index < -0.39 is 0 Å². The highest BCUT2D eigenvalue weighted by atomic mass is 32.2. The Morgan fingerprint density at radius 1 is 1.27 bits per heavy atom. The minimum absolute atomic E-state index is 0.0499. The summed E-state index contributed by atoms with van der Waals surface area (Å²) < 4.78 is 5.85. The largest absolute Gasteiger partial charge is 0.293 e. The van der Waals surface area contributed by atoms with Crippen molar-refractivity contribution < 1.29 is 4.79 Å². The molecule has 1 amide bonds. The van der Waals surface area contributed by atoms with Gasteiger partial charge in [-0.15, -0.1) is 17.9 Å². The number of thiophene rings is 1. The number of nitrogens with zero attached hydrogens (tertiary/aromatic N) is 4. The number of aromatic nitrogens is 4. The number of benzene rings is 1. The van der Waals surface area contributed by atoms with Gasteiger partial charge < -0.3 is 0 Å². The summed E-state index contributed by atoms with van der Waals surface area (Å²) in [5.74, 6) is 0.128. The first-order valence-electron chi connectivity index (χ1n) is 10.5. The molecule has 0 spiro atoms. The summed E-state index contributed by atoms with van der Waals surface area (Å²) >= 11 is 4.07. The molecule has 0 radical (unpaired) electrons. The number of hydrogen-bond acceptors (Lipinski definition) is 8. The first-order valence-corrected chi connectivity index (χ1v) is 13.1. The van der Waals surface area contributed by atoms with E-state index in [0.29, 0.717) is 11.7 Å². The van der Waals surface area contributed by atoms with Gasteiger partial charge in [0.1, 0.15) is 9.84 Å². The van der Waals surface area contributed by atoms with Gasteiger partial charge in [-0.3, -0.25) is 19.5 Å². The highest BCUT2D eigenvalue weighted by molar-refractivity contribution is 7.99. The summed E-state index contributed by atoms with van der Waals surface area (Å²) in [6, 6.07) is 8.00. The third kappa shape index (κ3) is 4.38. The summed E-state index contributed by atoms with van der Waals surface area (Å²) in [5.41, 5.74) is 3.23. The quantitative estimate of drug-likeness (QED) is 0.227. The van der Waals surface area contributed by atoms with E-state index in [9.17, 15) is 9.59 Å². The Kier molecular flexibility index (Phi) is 6.13. The van der Waals surface area contributed by atoms with Gasteiger partial charge in [-0.2, -0.15) is 9.36 Å². The number of hydrogen-bond donors (Lipinski definition) is 1. The van der Waals surface area contributed by atoms with Crippen LogP contribution in [0, 0.1) is 6.92 Å². The Labute approximate surface area is 202 Å². The lowest BCUT2D eigenvalue weighted by Crippen LogP contribution is -2.24. The van der Waals surface area contributed by atoms with Crippen LogP contribution in [-0.2, 0) is 24.2 Å². The molecule has 168 valence electrons. The maximum absolute atomic E-state index is 13.2. The van der Waals surface area contributed by atoms with Crippen LogP contribution in [0.1, 0.15) is 22.4 Å². The monoisotopic (exact) mass is 495 g/mol. The average Bonchev–Trinajstić information content (AvgIpc) is 3.51. The molecule has 0 saturated carbocycles. The van der Waals surface area contributed by atoms with E-state index in [1.54, 1.807) is 22.0 Å². The zero-order valence-corrected chi connectivity index (χ0v) is 20.4. The molecule has 0 saturated heterocycles. The van der Waals surface area contributed by atoms with Crippen molar-refractivity contribution in [2.75, 3.05) is 11.1 Å². The zero-order valence-electron chi connectivity index (χ0n) is 18.0. The van der Waals surface area contributed by atoms with Crippen LogP contribution in [0.2, 0.25) is 0 Å². The first-order chi connectivity index (χ1) is 16.0. The van der Waals surface area contributed by atoms with Gasteiger partial charge >= 0.3 is 0 Å². The maximum atomic E-state index is 13.2. The molecule has 0 unspecified atom stereocenters. The van der Waals surface area contributed by atoms with E-state index in [4.69, 9.17) is 4.98 Å². The Balaban J connectivity index is 1.32. The minimum Gasteiger partial charge on any atom is -0.293 e. The second-order valence-corrected chi connectivity index (χ2v) is 10.5. The molecule has 10 heteroatoms. The standard InChI is InChI=1S/C23H21N5O2S3/c1-3-11-28-21(30)18-15-5-4-6-16(15)32-20(18)26-23(28)31-12-17(29)24-22-25-19(33-27-22)14-9-7-13(2)8-10-14/h3,7-10H,1,4-6,11-12H2,2H3,(H,24,27,29). The Morgan fingerprint density at radius 3 is 2.88 bits per heavy atom. The summed E-state index contributed by atoms with van der Waals surface area (Å²) in [4.78, 5) is 36.9. The van der Waals surface area contributed by atoms with Crippen LogP contribution in [0.15, 0.2) is 46.9 Å². The van der Waals surface area contributed by atoms with Crippen LogP contribution in [0.3, 0.4) is 0 Å². The molecule has 3 aromatic heterocycles. The van der Waals surface area contributed by atoms with E-state index in [2.05, 4.69) is 21.3 Å². The van der Waals surface area contributed by atoms with Gasteiger partial charge in [0.25, 0.3) is 5.56 Å². The molecule has 0 fully saturated rings. The fraction of sp³-hybridized carbons (Fsp3) is 0.261. The number of amides is 1. The van der Waals surface area contributed by atoms with Crippen LogP contribution in [0.5, 0.6) is 0 Å². The SMILES string of the molecule is C=CCn1c(SCC(=O)Nc2nsc(-c3ccc(C)cc3)n2)nc2sc3c(c2c1=O)CCC3. The fourth-order valence-corrected chi connectivity index (χ4v) is 6.58. The Bertz CT molecular complexity index is 1420. The van der Waals surface area contributed by atoms with Crippen molar-refractivity contribution in [2.45, 2.75) is 37.9 Å². The van der Waals surface area contributed by atoms with Crippen LogP contribution in [0.4, 0.5) is 5.95 Å². The number of carbonyl (C=O) groups is 1. The van der Waals surface area contributed by atoms with Crippen molar-refractivity contribution in [3.63, 3.8) is 0 Å². The third-order valence-corrected chi connectivity index (χ3v) is 8.34. The van der Waals surface area contributed by atoms with Gasteiger partial charge in [0.2, 0.25) is 11.9 Å². The molecule has 0 aliphatic heterocycles. The molecule has 33 heavy (non-hydrogen) atoms. The topological polar surface area (TPSA) is 89.8 Å². The number of thioether (sulfide) groups is 1. The van der Waals surface area contributed by atoms with Crippen molar-refractivity contribution in [3.05, 3.63) is 63.3 Å². The zero-order chi connectivity index (χ0) is 22.9. The summed E-state index contributed by atoms with van der Waals surface area (Å²) in [7, 11) is 0. The average molecular weight is 496 g/mol. The number of fused-ring (bicyclic) bond motifs is 3. The van der Waals surface area contributed by atoms with E-state index >= 15 is 0 Å². The predicted molar refractivity (Wildman–Crippen MR) is 136 cm³/mol. The van der Waals surface area contributed by atoms with Crippen molar-refractivity contribution >= 4 is 56.7 Å². The van der Waals surface area contributed by atoms with E-state index in [-0.39, 0.29) is 23.2 Å². The van der Waals surface area contributed by atoms with Crippen molar-refractivity contribution in [3.8, 4) is 10.6 Å². The van der Waals surface area contributed by atoms with Crippen molar-refractivity contribution in [1.29, 1.82) is 0 Å². The number of aryl methyl sites for hydroxylation is 3. The Morgan fingerprint density at radius 2 is 2.09 bits per heavy atom. The van der Waals surface area contributed by atoms with Crippen LogP contribution < -0.4 is 10.9 Å². The predicted octanol–water partition coefficient (Wildman–Crippen LogP) is 4.69. The number of carbonyl (C=O) groups excluding carboxylic acids is 1. The lowest BCUT2D eigenvalue weighted by atomic mass is 10.2. The second kappa shape index (κ2) is 9.20. The Hall–Kier alpha value is -2.82. The third-order valence-electron chi connectivity index (χ3n) is 5.41. The summed E-state index contributed by atoms with van der Waals surface area (Å²) in [5, 5.41) is 4.75.